The summed E-state index contributed by atoms with van der Waals surface area (Å²) in [5.74, 6) is 0. The summed E-state index contributed by atoms with van der Waals surface area (Å²) >= 11 is 0. The SMILES string of the molecule is CCc1ccccc1-c1ccccc1P. The third-order valence-corrected chi connectivity index (χ3v) is 3.15. The van der Waals surface area contributed by atoms with Gasteiger partial charge >= 0.3 is 0 Å². The molecule has 0 amide bonds. The molecule has 0 saturated heterocycles. The first-order valence-corrected chi connectivity index (χ1v) is 5.83. The van der Waals surface area contributed by atoms with E-state index in [0.717, 1.165) is 6.42 Å². The lowest BCUT2D eigenvalue weighted by Gasteiger charge is -2.10. The van der Waals surface area contributed by atoms with E-state index >= 15 is 0 Å². The Bertz CT molecular complexity index is 460. The van der Waals surface area contributed by atoms with Crippen LogP contribution < -0.4 is 5.30 Å². The summed E-state index contributed by atoms with van der Waals surface area (Å²) in [4.78, 5) is 0. The minimum Gasteiger partial charge on any atom is -0.105 e. The number of rotatable bonds is 2. The van der Waals surface area contributed by atoms with Crippen LogP contribution in [0.4, 0.5) is 0 Å². The van der Waals surface area contributed by atoms with Gasteiger partial charge in [-0.05, 0) is 28.4 Å². The molecule has 0 aliphatic heterocycles. The maximum absolute atomic E-state index is 2.80. The summed E-state index contributed by atoms with van der Waals surface area (Å²) in [5.41, 5.74) is 4.08. The topological polar surface area (TPSA) is 0 Å². The van der Waals surface area contributed by atoms with Crippen molar-refractivity contribution in [3.63, 3.8) is 0 Å². The molecule has 15 heavy (non-hydrogen) atoms. The lowest BCUT2D eigenvalue weighted by molar-refractivity contribution is 1.14. The van der Waals surface area contributed by atoms with Crippen LogP contribution in [0, 0.1) is 0 Å². The van der Waals surface area contributed by atoms with E-state index in [9.17, 15) is 0 Å². The Morgan fingerprint density at radius 1 is 0.867 bits per heavy atom. The zero-order valence-electron chi connectivity index (χ0n) is 8.90. The van der Waals surface area contributed by atoms with Crippen molar-refractivity contribution >= 4 is 14.5 Å². The van der Waals surface area contributed by atoms with Crippen LogP contribution in [-0.2, 0) is 6.42 Å². The molecule has 0 radical (unpaired) electrons. The minimum atomic E-state index is 1.08. The Morgan fingerprint density at radius 2 is 1.47 bits per heavy atom. The fourth-order valence-corrected chi connectivity index (χ4v) is 2.20. The standard InChI is InChI=1S/C14H15P/c1-2-11-7-3-4-8-12(11)13-9-5-6-10-14(13)15/h3-10H,2,15H2,1H3. The molecule has 2 aromatic rings. The van der Waals surface area contributed by atoms with Crippen LogP contribution in [0.3, 0.4) is 0 Å². The molecule has 1 heteroatoms. The molecule has 0 fully saturated rings. The van der Waals surface area contributed by atoms with E-state index < -0.39 is 0 Å². The first-order chi connectivity index (χ1) is 7.33. The Hall–Kier alpha value is -1.13. The Kier molecular flexibility index (Phi) is 3.18. The van der Waals surface area contributed by atoms with E-state index in [0.29, 0.717) is 0 Å². The number of benzene rings is 2. The highest BCUT2D eigenvalue weighted by Gasteiger charge is 2.04. The van der Waals surface area contributed by atoms with Crippen LogP contribution in [0.2, 0.25) is 0 Å². The average Bonchev–Trinajstić information content (AvgIpc) is 2.30. The monoisotopic (exact) mass is 214 g/mol. The molecule has 1 atom stereocenters. The molecule has 0 nitrogen and oxygen atoms in total. The molecule has 1 unspecified atom stereocenters. The van der Waals surface area contributed by atoms with Gasteiger partial charge in [0.1, 0.15) is 0 Å². The van der Waals surface area contributed by atoms with Crippen LogP contribution in [0.25, 0.3) is 11.1 Å². The normalized spacial score (nSPS) is 10.3. The fraction of sp³-hybridized carbons (Fsp3) is 0.143. The zero-order valence-corrected chi connectivity index (χ0v) is 10.1. The van der Waals surface area contributed by atoms with Crippen molar-refractivity contribution in [3.8, 4) is 11.1 Å². The molecule has 0 spiro atoms. The highest BCUT2D eigenvalue weighted by atomic mass is 31.0. The van der Waals surface area contributed by atoms with Crippen LogP contribution in [0.1, 0.15) is 12.5 Å². The van der Waals surface area contributed by atoms with Gasteiger partial charge in [0, 0.05) is 0 Å². The van der Waals surface area contributed by atoms with Crippen LogP contribution in [0.15, 0.2) is 48.5 Å². The maximum Gasteiger partial charge on any atom is -0.0110 e. The Morgan fingerprint density at radius 3 is 2.13 bits per heavy atom. The molecule has 0 heterocycles. The molecule has 0 aliphatic carbocycles. The predicted octanol–water partition coefficient (Wildman–Crippen LogP) is 3.42. The van der Waals surface area contributed by atoms with Crippen molar-refractivity contribution in [2.24, 2.45) is 0 Å². The van der Waals surface area contributed by atoms with Crippen molar-refractivity contribution in [1.29, 1.82) is 0 Å². The van der Waals surface area contributed by atoms with E-state index in [4.69, 9.17) is 0 Å². The van der Waals surface area contributed by atoms with Crippen LogP contribution >= 0.6 is 9.24 Å². The first-order valence-electron chi connectivity index (χ1n) is 5.25. The number of hydrogen-bond donors (Lipinski definition) is 0. The van der Waals surface area contributed by atoms with Gasteiger partial charge in [-0.25, -0.2) is 0 Å². The maximum atomic E-state index is 2.80. The van der Waals surface area contributed by atoms with Crippen molar-refractivity contribution in [3.05, 3.63) is 54.1 Å². The number of aryl methyl sites for hydroxylation is 1. The summed E-state index contributed by atoms with van der Waals surface area (Å²) in [6.45, 7) is 2.20. The molecular formula is C14H15P. The molecular weight excluding hydrogens is 199 g/mol. The molecule has 0 aliphatic rings. The highest BCUT2D eigenvalue weighted by molar-refractivity contribution is 7.28. The van der Waals surface area contributed by atoms with E-state index in [1.165, 1.54) is 22.0 Å². The average molecular weight is 214 g/mol. The summed E-state index contributed by atoms with van der Waals surface area (Å²) in [6.07, 6.45) is 1.08. The van der Waals surface area contributed by atoms with Gasteiger partial charge in [-0.1, -0.05) is 55.5 Å². The van der Waals surface area contributed by atoms with Crippen molar-refractivity contribution in [1.82, 2.24) is 0 Å². The van der Waals surface area contributed by atoms with E-state index in [2.05, 4.69) is 64.7 Å². The van der Waals surface area contributed by atoms with Crippen LogP contribution in [0.5, 0.6) is 0 Å². The lowest BCUT2D eigenvalue weighted by atomic mass is 9.98. The van der Waals surface area contributed by atoms with E-state index in [1.54, 1.807) is 0 Å². The second kappa shape index (κ2) is 4.59. The van der Waals surface area contributed by atoms with Gasteiger partial charge in [0.05, 0.1) is 0 Å². The second-order valence-electron chi connectivity index (χ2n) is 3.60. The Labute approximate surface area is 93.5 Å². The Balaban J connectivity index is 2.59. The molecule has 2 aromatic carbocycles. The molecule has 0 saturated carbocycles. The number of hydrogen-bond acceptors (Lipinski definition) is 0. The molecule has 0 aromatic heterocycles. The summed E-state index contributed by atoms with van der Waals surface area (Å²) in [7, 11) is 2.80. The van der Waals surface area contributed by atoms with E-state index in [1.807, 2.05) is 0 Å². The molecule has 0 bridgehead atoms. The van der Waals surface area contributed by atoms with Gasteiger partial charge < -0.3 is 0 Å². The van der Waals surface area contributed by atoms with Gasteiger partial charge in [0.15, 0.2) is 0 Å². The predicted molar refractivity (Wildman–Crippen MR) is 70.6 cm³/mol. The van der Waals surface area contributed by atoms with Gasteiger partial charge in [0.25, 0.3) is 0 Å². The van der Waals surface area contributed by atoms with Gasteiger partial charge in [-0.2, -0.15) is 0 Å². The minimum absolute atomic E-state index is 1.08. The first kappa shape index (κ1) is 10.4. The van der Waals surface area contributed by atoms with Crippen molar-refractivity contribution in [2.45, 2.75) is 13.3 Å². The zero-order chi connectivity index (χ0) is 10.7. The van der Waals surface area contributed by atoms with Gasteiger partial charge in [0.2, 0.25) is 0 Å². The van der Waals surface area contributed by atoms with Crippen LogP contribution in [-0.4, -0.2) is 0 Å². The third kappa shape index (κ3) is 2.11. The van der Waals surface area contributed by atoms with Gasteiger partial charge in [-0.3, -0.25) is 0 Å². The molecule has 0 N–H and O–H groups in total. The van der Waals surface area contributed by atoms with Gasteiger partial charge in [-0.15, -0.1) is 9.24 Å². The second-order valence-corrected chi connectivity index (χ2v) is 4.22. The largest absolute Gasteiger partial charge is 0.105 e. The molecule has 76 valence electrons. The van der Waals surface area contributed by atoms with E-state index in [-0.39, 0.29) is 0 Å². The lowest BCUT2D eigenvalue weighted by Crippen LogP contribution is -1.98. The summed E-state index contributed by atoms with van der Waals surface area (Å²) in [5, 5.41) is 1.26. The highest BCUT2D eigenvalue weighted by Crippen LogP contribution is 2.23. The van der Waals surface area contributed by atoms with Crippen molar-refractivity contribution < 1.29 is 0 Å². The fourth-order valence-electron chi connectivity index (χ4n) is 1.83. The molecule has 2 rings (SSSR count). The smallest absolute Gasteiger partial charge is 0.0110 e. The summed E-state index contributed by atoms with van der Waals surface area (Å²) < 4.78 is 0. The van der Waals surface area contributed by atoms with Crippen molar-refractivity contribution in [2.75, 3.05) is 0 Å². The quantitative estimate of drug-likeness (QED) is 0.672. The third-order valence-electron chi connectivity index (χ3n) is 2.65. The summed E-state index contributed by atoms with van der Waals surface area (Å²) in [6, 6.07) is 17.1.